The molecule has 1 saturated heterocycles. The SMILES string of the molecule is C#CP(=O)(Nc1cc(COC(=O)Oc2ccc([N+](=O)[O-])cc2)ccc1O[C@@H]1OC(C(=O)OC)[C@@H](OC(C)=O)[C@H](OC(C)=O)C1OC(C)=O)OCCO. The molecule has 6 atom stereocenters. The van der Waals surface area contributed by atoms with Crippen LogP contribution in [0.25, 0.3) is 0 Å². The molecule has 0 aliphatic carbocycles. The number of terminal acetylenes is 1. The number of esters is 4. The van der Waals surface area contributed by atoms with Crippen molar-refractivity contribution in [1.82, 2.24) is 0 Å². The van der Waals surface area contributed by atoms with E-state index in [0.29, 0.717) is 0 Å². The summed E-state index contributed by atoms with van der Waals surface area (Å²) in [7, 11) is -3.23. The number of nitrogens with one attached hydrogen (secondary N) is 1. The molecule has 280 valence electrons. The Balaban J connectivity index is 2.00. The molecule has 21 heteroatoms. The number of rotatable bonds is 15. The van der Waals surface area contributed by atoms with E-state index < -0.39 is 93.0 Å². The van der Waals surface area contributed by atoms with E-state index in [2.05, 4.69) is 5.09 Å². The first-order valence-corrected chi connectivity index (χ1v) is 16.5. The molecule has 0 bridgehead atoms. The highest BCUT2D eigenvalue weighted by Crippen LogP contribution is 2.48. The fraction of sp³-hybridized carbons (Fsp3) is 0.387. The molecular weight excluding hydrogens is 719 g/mol. The number of ether oxygens (including phenoxy) is 8. The lowest BCUT2D eigenvalue weighted by Gasteiger charge is -2.43. The molecule has 2 N–H and O–H groups in total. The number of methoxy groups -OCH3 is 1. The van der Waals surface area contributed by atoms with Gasteiger partial charge in [0.05, 0.1) is 30.9 Å². The quantitative estimate of drug-likeness (QED) is 0.0504. The number of hydrogen-bond donors (Lipinski definition) is 2. The number of nitro groups is 1. The van der Waals surface area contributed by atoms with E-state index >= 15 is 0 Å². The van der Waals surface area contributed by atoms with Gasteiger partial charge in [-0.05, 0) is 29.8 Å². The predicted molar refractivity (Wildman–Crippen MR) is 171 cm³/mol. The summed E-state index contributed by atoms with van der Waals surface area (Å²) in [5.74, 6) is -4.20. The van der Waals surface area contributed by atoms with Crippen LogP contribution in [0, 0.1) is 22.2 Å². The third-order valence-corrected chi connectivity index (χ3v) is 7.95. The first-order valence-electron chi connectivity index (χ1n) is 14.8. The van der Waals surface area contributed by atoms with Crippen LogP contribution in [0.15, 0.2) is 42.5 Å². The van der Waals surface area contributed by atoms with E-state index in [4.69, 9.17) is 48.8 Å². The average molecular weight is 753 g/mol. The van der Waals surface area contributed by atoms with Crippen molar-refractivity contribution in [1.29, 1.82) is 0 Å². The first kappa shape index (κ1) is 40.7. The van der Waals surface area contributed by atoms with E-state index in [1.54, 1.807) is 0 Å². The van der Waals surface area contributed by atoms with Crippen LogP contribution in [0.4, 0.5) is 16.2 Å². The van der Waals surface area contributed by atoms with Gasteiger partial charge < -0.3 is 52.6 Å². The van der Waals surface area contributed by atoms with Crippen LogP contribution in [-0.4, -0.2) is 91.1 Å². The second-order valence-electron chi connectivity index (χ2n) is 10.4. The molecule has 0 aromatic heterocycles. The summed E-state index contributed by atoms with van der Waals surface area (Å²) in [4.78, 5) is 71.7. The van der Waals surface area contributed by atoms with E-state index in [9.17, 15) is 43.8 Å². The van der Waals surface area contributed by atoms with Gasteiger partial charge in [-0.25, -0.2) is 9.59 Å². The fourth-order valence-corrected chi connectivity index (χ4v) is 5.52. The minimum atomic E-state index is -4.23. The van der Waals surface area contributed by atoms with E-state index in [0.717, 1.165) is 40.0 Å². The maximum Gasteiger partial charge on any atom is 0.514 e. The van der Waals surface area contributed by atoms with Gasteiger partial charge in [0.25, 0.3) is 5.69 Å². The summed E-state index contributed by atoms with van der Waals surface area (Å²) < 4.78 is 61.1. The van der Waals surface area contributed by atoms with Crippen LogP contribution in [0.2, 0.25) is 0 Å². The molecule has 2 aromatic carbocycles. The Kier molecular flexibility index (Phi) is 14.5. The molecule has 0 spiro atoms. The number of anilines is 1. The zero-order valence-electron chi connectivity index (χ0n) is 27.9. The van der Waals surface area contributed by atoms with Gasteiger partial charge in [-0.3, -0.25) is 29.1 Å². The molecule has 1 fully saturated rings. The largest absolute Gasteiger partial charge is 0.514 e. The molecular formula is C31H33N2O18P. The normalized spacial score (nSPS) is 20.4. The number of non-ortho nitro benzene ring substituents is 1. The van der Waals surface area contributed by atoms with Crippen LogP contribution >= 0.6 is 7.52 Å². The number of hydrogen-bond acceptors (Lipinski definition) is 18. The van der Waals surface area contributed by atoms with Crippen molar-refractivity contribution in [3.8, 4) is 23.6 Å². The second-order valence-corrected chi connectivity index (χ2v) is 12.2. The molecule has 1 aliphatic heterocycles. The third kappa shape index (κ3) is 11.4. The lowest BCUT2D eigenvalue weighted by atomic mass is 9.97. The Labute approximate surface area is 295 Å². The smallest absolute Gasteiger partial charge is 0.467 e. The lowest BCUT2D eigenvalue weighted by molar-refractivity contribution is -0.384. The molecule has 52 heavy (non-hydrogen) atoms. The topological polar surface area (TPSA) is 261 Å². The number of benzene rings is 2. The highest BCUT2D eigenvalue weighted by atomic mass is 31.2. The minimum Gasteiger partial charge on any atom is -0.467 e. The van der Waals surface area contributed by atoms with Crippen molar-refractivity contribution in [3.05, 3.63) is 58.1 Å². The van der Waals surface area contributed by atoms with Crippen molar-refractivity contribution in [2.75, 3.05) is 25.4 Å². The van der Waals surface area contributed by atoms with E-state index in [-0.39, 0.29) is 28.4 Å². The zero-order valence-corrected chi connectivity index (χ0v) is 28.8. The summed E-state index contributed by atoms with van der Waals surface area (Å²) in [6.07, 6.45) is -4.45. The van der Waals surface area contributed by atoms with Gasteiger partial charge in [-0.15, -0.1) is 6.42 Å². The monoisotopic (exact) mass is 752 g/mol. The summed E-state index contributed by atoms with van der Waals surface area (Å²) in [5, 5.41) is 22.6. The van der Waals surface area contributed by atoms with Crippen LogP contribution in [0.1, 0.15) is 26.3 Å². The van der Waals surface area contributed by atoms with Gasteiger partial charge in [0.2, 0.25) is 12.4 Å². The molecule has 1 heterocycles. The number of carbonyl (C=O) groups excluding carboxylic acids is 5. The molecule has 1 aliphatic rings. The van der Waals surface area contributed by atoms with Crippen LogP contribution < -0.4 is 14.6 Å². The van der Waals surface area contributed by atoms with E-state index in [1.807, 2.05) is 5.66 Å². The van der Waals surface area contributed by atoms with Crippen molar-refractivity contribution in [3.63, 3.8) is 0 Å². The Bertz CT molecular complexity index is 1740. The van der Waals surface area contributed by atoms with E-state index in [1.165, 1.54) is 30.3 Å². The average Bonchev–Trinajstić information content (AvgIpc) is 3.09. The van der Waals surface area contributed by atoms with Gasteiger partial charge >= 0.3 is 37.6 Å². The third-order valence-electron chi connectivity index (χ3n) is 6.53. The summed E-state index contributed by atoms with van der Waals surface area (Å²) in [6.45, 7) is 1.52. The summed E-state index contributed by atoms with van der Waals surface area (Å²) in [6, 6.07) is 8.41. The predicted octanol–water partition coefficient (Wildman–Crippen LogP) is 2.59. The Hall–Kier alpha value is -5.74. The van der Waals surface area contributed by atoms with Crippen LogP contribution in [-0.2, 0) is 63.3 Å². The molecule has 0 amide bonds. The maximum atomic E-state index is 13.4. The number of nitro benzene ring substituents is 1. The van der Waals surface area contributed by atoms with Crippen molar-refractivity contribution in [2.24, 2.45) is 0 Å². The summed E-state index contributed by atoms with van der Waals surface area (Å²) >= 11 is 0. The highest BCUT2D eigenvalue weighted by Gasteiger charge is 2.56. The molecule has 0 saturated carbocycles. The number of aliphatic hydroxyl groups excluding tert-OH is 1. The number of aliphatic hydroxyl groups is 1. The standard InChI is InChI=1S/C31H33N2O18P/c1-6-52(42,45-14-13-34)32-23-15-20(16-44-31(39)49-22-10-8-21(9-11-22)33(40)41)7-12-24(23)50-30-28(48-19(4)37)26(47-18(3)36)25(46-17(2)35)27(51-30)29(38)43-5/h1,7-12,15,25-28,30,34H,13-14,16H2,2-5H3,(H,32,42)/t25-,26-,27?,28?,30+,52?/m0/s1. The second kappa shape index (κ2) is 18.5. The number of carbonyl (C=O) groups is 5. The molecule has 0 radical (unpaired) electrons. The Morgan fingerprint density at radius 1 is 0.981 bits per heavy atom. The first-order chi connectivity index (χ1) is 24.6. The summed E-state index contributed by atoms with van der Waals surface area (Å²) in [5.41, 5.74) is 1.71. The van der Waals surface area contributed by atoms with Crippen molar-refractivity contribution < 1.29 is 81.0 Å². The molecule has 2 aromatic rings. The van der Waals surface area contributed by atoms with Crippen molar-refractivity contribution in [2.45, 2.75) is 58.1 Å². The van der Waals surface area contributed by atoms with Gasteiger partial charge in [-0.1, -0.05) is 6.07 Å². The van der Waals surface area contributed by atoms with Crippen LogP contribution in [0.5, 0.6) is 11.5 Å². The van der Waals surface area contributed by atoms with Gasteiger partial charge in [0.1, 0.15) is 18.1 Å². The Morgan fingerprint density at radius 2 is 1.60 bits per heavy atom. The molecule has 3 rings (SSSR count). The van der Waals surface area contributed by atoms with Gasteiger partial charge in [0, 0.05) is 38.6 Å². The number of nitrogens with zero attached hydrogens (tertiary/aromatic N) is 1. The molecule has 20 nitrogen and oxygen atoms in total. The Morgan fingerprint density at radius 3 is 2.15 bits per heavy atom. The highest BCUT2D eigenvalue weighted by molar-refractivity contribution is 7.65. The van der Waals surface area contributed by atoms with Crippen molar-refractivity contribution >= 4 is 48.9 Å². The van der Waals surface area contributed by atoms with Gasteiger partial charge in [-0.2, -0.15) is 0 Å². The lowest BCUT2D eigenvalue weighted by Crippen LogP contribution is -2.64. The fourth-order valence-electron chi connectivity index (χ4n) is 4.49. The minimum absolute atomic E-state index is 0.0548. The maximum absolute atomic E-state index is 13.4. The van der Waals surface area contributed by atoms with Crippen LogP contribution in [0.3, 0.4) is 0 Å². The van der Waals surface area contributed by atoms with Gasteiger partial charge in [0.15, 0.2) is 18.3 Å². The zero-order chi connectivity index (χ0) is 38.6. The molecule has 3 unspecified atom stereocenters.